The molecule has 5 rings (SSSR count). The van der Waals surface area contributed by atoms with Gasteiger partial charge in [-0.25, -0.2) is 9.07 Å². The van der Waals surface area contributed by atoms with Crippen molar-refractivity contribution in [2.75, 3.05) is 16.9 Å². The van der Waals surface area contributed by atoms with Gasteiger partial charge in [0.2, 0.25) is 5.88 Å². The molecule has 4 aromatic carbocycles. The van der Waals surface area contributed by atoms with Gasteiger partial charge in [-0.2, -0.15) is 16.8 Å². The maximum Gasteiger partial charge on any atom is 0.279 e. The Hall–Kier alpha value is -4.68. The van der Waals surface area contributed by atoms with E-state index in [0.717, 1.165) is 16.7 Å². The lowest BCUT2D eigenvalue weighted by Crippen LogP contribution is -2.38. The Kier molecular flexibility index (Phi) is 10.4. The van der Waals surface area contributed by atoms with Gasteiger partial charge in [-0.1, -0.05) is 95.6 Å². The highest BCUT2D eigenvalue weighted by Crippen LogP contribution is 2.43. The van der Waals surface area contributed by atoms with E-state index in [-0.39, 0.29) is 51.1 Å². The summed E-state index contributed by atoms with van der Waals surface area (Å²) in [7, 11) is -8.13. The van der Waals surface area contributed by atoms with Crippen molar-refractivity contribution < 1.29 is 30.7 Å². The van der Waals surface area contributed by atoms with Crippen molar-refractivity contribution in [1.29, 1.82) is 0 Å². The molecule has 0 N–H and O–H groups in total. The van der Waals surface area contributed by atoms with Crippen molar-refractivity contribution in [3.8, 4) is 22.8 Å². The number of anilines is 1. The molecule has 0 aliphatic heterocycles. The highest BCUT2D eigenvalue weighted by molar-refractivity contribution is 8.10. The lowest BCUT2D eigenvalue weighted by Gasteiger charge is -2.26. The fourth-order valence-electron chi connectivity index (χ4n) is 5.41. The fourth-order valence-corrected chi connectivity index (χ4v) is 9.17. The average molecular weight is 734 g/mol. The second-order valence-corrected chi connectivity index (χ2v) is 18.2. The van der Waals surface area contributed by atoms with E-state index in [1.165, 1.54) is 60.3 Å². The molecule has 51 heavy (non-hydrogen) atoms. The van der Waals surface area contributed by atoms with Crippen LogP contribution in [0.2, 0.25) is 0 Å². The highest BCUT2D eigenvalue weighted by Gasteiger charge is 2.42. The minimum absolute atomic E-state index is 0.000574. The lowest BCUT2D eigenvalue weighted by molar-refractivity contribution is 0.211. The average Bonchev–Trinajstić information content (AvgIpc) is 3.38. The van der Waals surface area contributed by atoms with E-state index >= 15 is 0 Å². The van der Waals surface area contributed by atoms with Crippen LogP contribution in [0.15, 0.2) is 107 Å². The van der Waals surface area contributed by atoms with E-state index in [2.05, 4.69) is 5.10 Å². The van der Waals surface area contributed by atoms with E-state index < -0.39 is 25.9 Å². The summed E-state index contributed by atoms with van der Waals surface area (Å²) in [5.41, 5.74) is 2.81. The van der Waals surface area contributed by atoms with Gasteiger partial charge in [0.15, 0.2) is 5.82 Å². The van der Waals surface area contributed by atoms with Gasteiger partial charge in [0.05, 0.1) is 15.4 Å². The number of aryl methyl sites for hydroxylation is 2. The smallest absolute Gasteiger partial charge is 0.279 e. The lowest BCUT2D eigenvalue weighted by atomic mass is 9.87. The third-order valence-corrected chi connectivity index (χ3v) is 12.5. The number of benzene rings is 4. The number of sulfonamides is 2. The van der Waals surface area contributed by atoms with Gasteiger partial charge in [0.25, 0.3) is 20.0 Å². The molecule has 0 amide bonds. The highest BCUT2D eigenvalue weighted by atomic mass is 32.3. The van der Waals surface area contributed by atoms with Crippen LogP contribution >= 0.6 is 0 Å². The molecule has 0 saturated carbocycles. The summed E-state index contributed by atoms with van der Waals surface area (Å²) in [4.78, 5) is -0.423. The first-order valence-corrected chi connectivity index (χ1v) is 19.3. The molecule has 1 heterocycles. The minimum atomic E-state index is -4.80. The summed E-state index contributed by atoms with van der Waals surface area (Å²) in [5, 5.41) is 4.51. The van der Waals surface area contributed by atoms with E-state index in [1.54, 1.807) is 36.4 Å². The maximum atomic E-state index is 14.8. The Labute approximate surface area is 300 Å². The summed E-state index contributed by atoms with van der Waals surface area (Å²) < 4.78 is 86.0. The molecule has 0 aliphatic rings. The number of hydrogen-bond acceptors (Lipinski definition) is 7. The summed E-state index contributed by atoms with van der Waals surface area (Å²) in [6, 6.07) is 25.2. The minimum Gasteiger partial charge on any atom is -0.490 e. The zero-order valence-corrected chi connectivity index (χ0v) is 31.8. The van der Waals surface area contributed by atoms with Gasteiger partial charge >= 0.3 is 0 Å². The van der Waals surface area contributed by atoms with Gasteiger partial charge in [0.1, 0.15) is 24.8 Å². The number of ether oxygens (including phenoxy) is 2. The molecule has 5 aromatic rings. The monoisotopic (exact) mass is 733 g/mol. The molecule has 0 atom stereocenters. The van der Waals surface area contributed by atoms with Gasteiger partial charge < -0.3 is 9.47 Å². The Bertz CT molecular complexity index is 2110. The van der Waals surface area contributed by atoms with Crippen LogP contribution < -0.4 is 13.2 Å². The normalized spacial score (nSPS) is 12.5. The molecule has 270 valence electrons. The molecule has 12 heteroatoms. The van der Waals surface area contributed by atoms with Crippen LogP contribution in [-0.4, -0.2) is 39.8 Å². The number of hydrogen-bond donors (Lipinski definition) is 0. The first-order chi connectivity index (χ1) is 23.8. The second kappa shape index (κ2) is 14.1. The van der Waals surface area contributed by atoms with Crippen LogP contribution in [-0.2, 0) is 37.9 Å². The quantitative estimate of drug-likeness (QED) is 0.126. The molecule has 0 spiro atoms. The molecule has 0 fully saturated rings. The number of aromatic nitrogens is 2. The zero-order chi connectivity index (χ0) is 37.4. The first-order valence-electron chi connectivity index (χ1n) is 16.5. The van der Waals surface area contributed by atoms with E-state index in [0.29, 0.717) is 15.0 Å². The maximum absolute atomic E-state index is 14.8. The predicted molar refractivity (Wildman–Crippen MR) is 198 cm³/mol. The molecule has 0 unspecified atom stereocenters. The SMILES string of the molecule is Cc1ccc(-c2c(OCCOc3ccc(F)cc3)nn(C)c2N(S(=O)(=O)c2ccc(C(C)(C)C)cc2)S(=O)(=O)c2ccc(C(C)(C)C)cc2)cc1. The van der Waals surface area contributed by atoms with Gasteiger partial charge in [0, 0.05) is 7.05 Å². The summed E-state index contributed by atoms with van der Waals surface area (Å²) in [6.07, 6.45) is 0. The molecule has 0 saturated heterocycles. The van der Waals surface area contributed by atoms with Gasteiger partial charge in [-0.3, -0.25) is 0 Å². The van der Waals surface area contributed by atoms with Crippen LogP contribution in [0.4, 0.5) is 10.2 Å². The number of halogens is 1. The third kappa shape index (κ3) is 8.12. The van der Waals surface area contributed by atoms with E-state index in [1.807, 2.05) is 60.6 Å². The molecular weight excluding hydrogens is 690 g/mol. The largest absolute Gasteiger partial charge is 0.490 e. The summed E-state index contributed by atoms with van der Waals surface area (Å²) in [6.45, 7) is 13.9. The standard InChI is InChI=1S/C39H44FN3O6S2/c1-27-9-11-28(12-10-27)35-36(49-26-25-48-32-19-17-31(40)18-20-32)41-42(8)37(35)43(50(44,45)33-21-13-29(14-22-33)38(2,3)4)51(46,47)34-23-15-30(16-24-34)39(5,6)7/h9-24H,25-26H2,1-8H3. The van der Waals surface area contributed by atoms with Crippen LogP contribution in [0, 0.1) is 12.7 Å². The van der Waals surface area contributed by atoms with Crippen LogP contribution in [0.3, 0.4) is 0 Å². The third-order valence-electron chi connectivity index (χ3n) is 8.38. The fraction of sp³-hybridized carbons (Fsp3) is 0.308. The molecule has 0 bridgehead atoms. The Morgan fingerprint density at radius 1 is 0.667 bits per heavy atom. The zero-order valence-electron chi connectivity index (χ0n) is 30.1. The van der Waals surface area contributed by atoms with Crippen molar-refractivity contribution in [3.05, 3.63) is 120 Å². The Balaban J connectivity index is 1.68. The predicted octanol–water partition coefficient (Wildman–Crippen LogP) is 8.17. The van der Waals surface area contributed by atoms with Crippen LogP contribution in [0.1, 0.15) is 58.2 Å². The molecule has 0 radical (unpaired) electrons. The van der Waals surface area contributed by atoms with Crippen molar-refractivity contribution in [3.63, 3.8) is 0 Å². The molecule has 1 aromatic heterocycles. The van der Waals surface area contributed by atoms with Crippen molar-refractivity contribution in [1.82, 2.24) is 9.78 Å². The van der Waals surface area contributed by atoms with Gasteiger partial charge in [-0.15, -0.1) is 8.81 Å². The first kappa shape index (κ1) is 37.6. The second-order valence-electron chi connectivity index (χ2n) is 14.4. The van der Waals surface area contributed by atoms with Crippen molar-refractivity contribution in [2.45, 2.75) is 69.1 Å². The van der Waals surface area contributed by atoms with E-state index in [9.17, 15) is 21.2 Å². The number of rotatable bonds is 11. The number of nitrogens with zero attached hydrogens (tertiary/aromatic N) is 3. The van der Waals surface area contributed by atoms with Crippen molar-refractivity contribution in [2.24, 2.45) is 7.05 Å². The summed E-state index contributed by atoms with van der Waals surface area (Å²) >= 11 is 0. The van der Waals surface area contributed by atoms with E-state index in [4.69, 9.17) is 9.47 Å². The topological polar surface area (TPSA) is 108 Å². The Morgan fingerprint density at radius 3 is 1.57 bits per heavy atom. The van der Waals surface area contributed by atoms with Crippen molar-refractivity contribution >= 4 is 25.9 Å². The van der Waals surface area contributed by atoms with Crippen LogP contribution in [0.25, 0.3) is 11.1 Å². The van der Waals surface area contributed by atoms with Gasteiger partial charge in [-0.05, 0) is 83.0 Å². The molecule has 0 aliphatic carbocycles. The molecule has 9 nitrogen and oxygen atoms in total. The molecular formula is C39H44FN3O6S2. The summed E-state index contributed by atoms with van der Waals surface area (Å²) in [5.74, 6) is -0.195. The van der Waals surface area contributed by atoms with Crippen LogP contribution in [0.5, 0.6) is 11.6 Å². The Morgan fingerprint density at radius 2 is 1.12 bits per heavy atom.